The molecule has 2 saturated heterocycles. The molecule has 8 heteroatoms. The molecule has 0 bridgehead atoms. The Balaban J connectivity index is 1.49. The van der Waals surface area contributed by atoms with Crippen LogP contribution in [0.25, 0.3) is 17.0 Å². The highest BCUT2D eigenvalue weighted by atomic mass is 79.9. The number of carbonyl (C=O) groups is 1. The average molecular weight is 548 g/mol. The summed E-state index contributed by atoms with van der Waals surface area (Å²) < 4.78 is 9.45. The van der Waals surface area contributed by atoms with Crippen molar-refractivity contribution in [2.75, 3.05) is 13.2 Å². The Morgan fingerprint density at radius 1 is 1.28 bits per heavy atom. The fourth-order valence-electron chi connectivity index (χ4n) is 4.14. The van der Waals surface area contributed by atoms with E-state index in [0.717, 1.165) is 51.0 Å². The zero-order valence-electron chi connectivity index (χ0n) is 17.1. The van der Waals surface area contributed by atoms with Crippen molar-refractivity contribution >= 4 is 78.7 Å². The molecule has 3 aromatic rings. The van der Waals surface area contributed by atoms with Crippen molar-refractivity contribution in [1.29, 1.82) is 0 Å². The summed E-state index contributed by atoms with van der Waals surface area (Å²) in [5.41, 5.74) is 3.10. The van der Waals surface area contributed by atoms with Crippen LogP contribution in [0.4, 0.5) is 0 Å². The summed E-state index contributed by atoms with van der Waals surface area (Å²) in [5.74, 6) is -0.0440. The average Bonchev–Trinajstić information content (AvgIpc) is 3.46. The first kappa shape index (κ1) is 22.2. The summed E-state index contributed by atoms with van der Waals surface area (Å²) >= 11 is 16.9. The third-order valence-corrected chi connectivity index (χ3v) is 7.98. The lowest BCUT2D eigenvalue weighted by Gasteiger charge is -2.18. The van der Waals surface area contributed by atoms with Gasteiger partial charge in [-0.25, -0.2) is 0 Å². The van der Waals surface area contributed by atoms with Gasteiger partial charge in [-0.1, -0.05) is 69.7 Å². The van der Waals surface area contributed by atoms with Crippen molar-refractivity contribution in [2.24, 2.45) is 0 Å². The van der Waals surface area contributed by atoms with E-state index in [9.17, 15) is 4.79 Å². The number of thioether (sulfide) groups is 1. The van der Waals surface area contributed by atoms with Crippen LogP contribution in [0.1, 0.15) is 24.0 Å². The first-order chi connectivity index (χ1) is 15.5. The second kappa shape index (κ2) is 9.31. The van der Waals surface area contributed by atoms with Crippen LogP contribution in [-0.2, 0) is 16.1 Å². The van der Waals surface area contributed by atoms with E-state index >= 15 is 0 Å². The standard InChI is InChI=1S/C24H20BrClN2O2S2/c25-17-7-8-21-19(11-17)16(13-27(21)12-15-4-1-2-6-20(15)26)10-22-23(29)28(24(31)32-22)14-18-5-3-9-30-18/h1-2,4,6-8,10-11,13,18H,3,5,9,12,14H2/b22-10-/t18-/m0/s1. The molecule has 3 heterocycles. The van der Waals surface area contributed by atoms with Crippen molar-refractivity contribution < 1.29 is 9.53 Å². The van der Waals surface area contributed by atoms with Crippen LogP contribution in [0, 0.1) is 0 Å². The van der Waals surface area contributed by atoms with E-state index in [1.807, 2.05) is 36.4 Å². The molecule has 5 rings (SSSR count). The number of benzene rings is 2. The number of hydrogen-bond acceptors (Lipinski definition) is 4. The number of halogens is 2. The van der Waals surface area contributed by atoms with Crippen LogP contribution >= 0.6 is 51.5 Å². The minimum absolute atomic E-state index is 0.0440. The van der Waals surface area contributed by atoms with Crippen LogP contribution in [0.2, 0.25) is 5.02 Å². The van der Waals surface area contributed by atoms with Crippen LogP contribution in [0.3, 0.4) is 0 Å². The molecule has 0 unspecified atom stereocenters. The van der Waals surface area contributed by atoms with Crippen molar-refractivity contribution in [3.05, 3.63) is 74.2 Å². The molecule has 1 atom stereocenters. The summed E-state index contributed by atoms with van der Waals surface area (Å²) in [6.07, 6.45) is 6.11. The van der Waals surface area contributed by atoms with E-state index in [2.05, 4.69) is 38.8 Å². The number of carbonyl (C=O) groups excluding carboxylic acids is 1. The highest BCUT2D eigenvalue weighted by molar-refractivity contribution is 9.10. The maximum absolute atomic E-state index is 13.1. The fourth-order valence-corrected chi connectivity index (χ4v) is 5.97. The van der Waals surface area contributed by atoms with Crippen molar-refractivity contribution in [3.63, 3.8) is 0 Å². The Kier molecular flexibility index (Phi) is 6.45. The van der Waals surface area contributed by atoms with Gasteiger partial charge in [0, 0.05) is 45.3 Å². The summed E-state index contributed by atoms with van der Waals surface area (Å²) in [7, 11) is 0. The zero-order chi connectivity index (χ0) is 22.2. The Bertz CT molecular complexity index is 1250. The third kappa shape index (κ3) is 4.41. The SMILES string of the molecule is O=C1/C(=C/c2cn(Cc3ccccc3Cl)c3ccc(Br)cc23)SC(=S)N1C[C@@H]1CCCO1. The molecule has 32 heavy (non-hydrogen) atoms. The third-order valence-electron chi connectivity index (χ3n) is 5.74. The van der Waals surface area contributed by atoms with Gasteiger partial charge in [-0.2, -0.15) is 0 Å². The molecule has 2 fully saturated rings. The molecule has 1 aromatic heterocycles. The van der Waals surface area contributed by atoms with Crippen LogP contribution in [0.15, 0.2) is 58.0 Å². The summed E-state index contributed by atoms with van der Waals surface area (Å²) in [6, 6.07) is 14.0. The lowest BCUT2D eigenvalue weighted by atomic mass is 10.1. The Morgan fingerprint density at radius 3 is 2.91 bits per heavy atom. The van der Waals surface area contributed by atoms with E-state index in [0.29, 0.717) is 22.3 Å². The molecule has 1 amide bonds. The van der Waals surface area contributed by atoms with Crippen molar-refractivity contribution in [3.8, 4) is 0 Å². The van der Waals surface area contributed by atoms with Gasteiger partial charge in [0.2, 0.25) is 0 Å². The molecule has 2 aliphatic heterocycles. The van der Waals surface area contributed by atoms with Crippen LogP contribution < -0.4 is 0 Å². The van der Waals surface area contributed by atoms with Gasteiger partial charge in [0.1, 0.15) is 4.32 Å². The van der Waals surface area contributed by atoms with Gasteiger partial charge in [0.15, 0.2) is 0 Å². The first-order valence-electron chi connectivity index (χ1n) is 10.4. The zero-order valence-corrected chi connectivity index (χ0v) is 21.1. The van der Waals surface area contributed by atoms with E-state index in [1.54, 1.807) is 4.90 Å². The van der Waals surface area contributed by atoms with E-state index < -0.39 is 0 Å². The van der Waals surface area contributed by atoms with Gasteiger partial charge < -0.3 is 9.30 Å². The molecular weight excluding hydrogens is 528 g/mol. The number of fused-ring (bicyclic) bond motifs is 1. The number of thiocarbonyl (C=S) groups is 1. The Labute approximate surface area is 209 Å². The number of hydrogen-bond donors (Lipinski definition) is 0. The molecular formula is C24H20BrClN2O2S2. The topological polar surface area (TPSA) is 34.5 Å². The minimum Gasteiger partial charge on any atom is -0.376 e. The second-order valence-corrected chi connectivity index (χ2v) is 10.9. The number of amides is 1. The number of rotatable bonds is 5. The summed E-state index contributed by atoms with van der Waals surface area (Å²) in [4.78, 5) is 15.4. The second-order valence-electron chi connectivity index (χ2n) is 7.89. The maximum Gasteiger partial charge on any atom is 0.266 e. The van der Waals surface area contributed by atoms with Gasteiger partial charge in [-0.15, -0.1) is 0 Å². The lowest BCUT2D eigenvalue weighted by molar-refractivity contribution is -0.123. The Morgan fingerprint density at radius 2 is 2.12 bits per heavy atom. The van der Waals surface area contributed by atoms with Gasteiger partial charge in [-0.05, 0) is 48.7 Å². The molecule has 2 aromatic carbocycles. The maximum atomic E-state index is 13.1. The van der Waals surface area contributed by atoms with Gasteiger partial charge in [-0.3, -0.25) is 9.69 Å². The van der Waals surface area contributed by atoms with Gasteiger partial charge in [0.05, 0.1) is 17.6 Å². The predicted octanol–water partition coefficient (Wildman–Crippen LogP) is 6.49. The summed E-state index contributed by atoms with van der Waals surface area (Å²) in [5, 5.41) is 1.80. The highest BCUT2D eigenvalue weighted by Crippen LogP contribution is 2.36. The number of ether oxygens (including phenoxy) is 1. The Hall–Kier alpha value is -1.64. The number of nitrogens with zero attached hydrogens (tertiary/aromatic N) is 2. The molecule has 0 aliphatic carbocycles. The van der Waals surface area contributed by atoms with E-state index in [-0.39, 0.29) is 12.0 Å². The molecule has 164 valence electrons. The highest BCUT2D eigenvalue weighted by Gasteiger charge is 2.34. The minimum atomic E-state index is -0.0440. The predicted molar refractivity (Wildman–Crippen MR) is 139 cm³/mol. The quantitative estimate of drug-likeness (QED) is 0.270. The van der Waals surface area contributed by atoms with E-state index in [4.69, 9.17) is 28.6 Å². The smallest absolute Gasteiger partial charge is 0.266 e. The summed E-state index contributed by atoms with van der Waals surface area (Å²) in [6.45, 7) is 1.93. The van der Waals surface area contributed by atoms with Crippen molar-refractivity contribution in [2.45, 2.75) is 25.5 Å². The molecule has 0 spiro atoms. The lowest BCUT2D eigenvalue weighted by Crippen LogP contribution is -2.35. The largest absolute Gasteiger partial charge is 0.376 e. The van der Waals surface area contributed by atoms with Crippen LogP contribution in [0.5, 0.6) is 0 Å². The van der Waals surface area contributed by atoms with E-state index in [1.165, 1.54) is 11.8 Å². The van der Waals surface area contributed by atoms with Crippen molar-refractivity contribution in [1.82, 2.24) is 9.47 Å². The van der Waals surface area contributed by atoms with Crippen LogP contribution in [-0.4, -0.2) is 39.0 Å². The fraction of sp³-hybridized carbons (Fsp3) is 0.250. The molecule has 2 aliphatic rings. The molecule has 0 radical (unpaired) electrons. The first-order valence-corrected chi connectivity index (χ1v) is 12.8. The van der Waals surface area contributed by atoms with Gasteiger partial charge >= 0.3 is 0 Å². The molecule has 0 saturated carbocycles. The monoisotopic (exact) mass is 546 g/mol. The normalized spacial score (nSPS) is 20.2. The van der Waals surface area contributed by atoms with Gasteiger partial charge in [0.25, 0.3) is 5.91 Å². The molecule has 4 nitrogen and oxygen atoms in total. The number of aromatic nitrogens is 1. The molecule has 0 N–H and O–H groups in total.